The third-order valence-electron chi connectivity index (χ3n) is 3.32. The van der Waals surface area contributed by atoms with Gasteiger partial charge in [-0.2, -0.15) is 0 Å². The number of hydrogen-bond donors (Lipinski definition) is 2. The van der Waals surface area contributed by atoms with Crippen LogP contribution in [0.4, 0.5) is 10.5 Å². The summed E-state index contributed by atoms with van der Waals surface area (Å²) in [6.45, 7) is 4.89. The molecule has 0 bridgehead atoms. The van der Waals surface area contributed by atoms with Gasteiger partial charge in [0, 0.05) is 5.69 Å². The summed E-state index contributed by atoms with van der Waals surface area (Å²) in [5, 5.41) is 5.50. The predicted octanol–water partition coefficient (Wildman–Crippen LogP) is 3.51. The molecule has 0 aliphatic carbocycles. The van der Waals surface area contributed by atoms with Gasteiger partial charge in [0.15, 0.2) is 0 Å². The Morgan fingerprint density at radius 2 is 1.83 bits per heavy atom. The first-order valence-corrected chi connectivity index (χ1v) is 7.47. The second kappa shape index (κ2) is 8.08. The third-order valence-corrected chi connectivity index (χ3v) is 3.32. The summed E-state index contributed by atoms with van der Waals surface area (Å²) >= 11 is 0. The van der Waals surface area contributed by atoms with Crippen LogP contribution in [0.1, 0.15) is 11.1 Å². The van der Waals surface area contributed by atoms with Crippen molar-refractivity contribution in [2.75, 3.05) is 25.6 Å². The van der Waals surface area contributed by atoms with Crippen molar-refractivity contribution in [2.24, 2.45) is 0 Å². The minimum absolute atomic E-state index is 0.264. The summed E-state index contributed by atoms with van der Waals surface area (Å²) in [4.78, 5) is 11.8. The first-order valence-electron chi connectivity index (χ1n) is 7.47. The monoisotopic (exact) mass is 314 g/mol. The Morgan fingerprint density at radius 3 is 2.48 bits per heavy atom. The van der Waals surface area contributed by atoms with Crippen molar-refractivity contribution in [3.8, 4) is 11.5 Å². The average Bonchev–Trinajstić information content (AvgIpc) is 2.54. The summed E-state index contributed by atoms with van der Waals surface area (Å²) in [7, 11) is 1.60. The molecule has 2 aromatic carbocycles. The van der Waals surface area contributed by atoms with Crippen molar-refractivity contribution in [1.29, 1.82) is 0 Å². The molecule has 0 atom stereocenters. The maximum Gasteiger partial charge on any atom is 0.319 e. The predicted molar refractivity (Wildman–Crippen MR) is 91.4 cm³/mol. The number of ether oxygens (including phenoxy) is 2. The Kier molecular flexibility index (Phi) is 5.86. The Balaban J connectivity index is 1.72. The molecule has 0 saturated carbocycles. The molecule has 23 heavy (non-hydrogen) atoms. The molecule has 0 aromatic heterocycles. The van der Waals surface area contributed by atoms with Crippen LogP contribution in [0.25, 0.3) is 0 Å². The minimum atomic E-state index is -0.264. The van der Waals surface area contributed by atoms with Crippen molar-refractivity contribution >= 4 is 11.7 Å². The summed E-state index contributed by atoms with van der Waals surface area (Å²) in [6.07, 6.45) is 0. The van der Waals surface area contributed by atoms with Gasteiger partial charge < -0.3 is 20.1 Å². The minimum Gasteiger partial charge on any atom is -0.497 e. The lowest BCUT2D eigenvalue weighted by Crippen LogP contribution is -2.32. The molecule has 2 aromatic rings. The zero-order valence-electron chi connectivity index (χ0n) is 13.7. The van der Waals surface area contributed by atoms with E-state index in [4.69, 9.17) is 9.47 Å². The van der Waals surface area contributed by atoms with E-state index in [-0.39, 0.29) is 6.03 Å². The van der Waals surface area contributed by atoms with Gasteiger partial charge in [0.05, 0.1) is 13.7 Å². The normalized spacial score (nSPS) is 10.0. The molecular formula is C18H22N2O3. The number of amides is 2. The Hall–Kier alpha value is -2.69. The standard InChI is InChI=1S/C18H22N2O3/c1-13-4-9-17(14(2)12-13)23-11-10-19-18(21)20-15-5-7-16(22-3)8-6-15/h4-9,12H,10-11H2,1-3H3,(H2,19,20,21). The van der Waals surface area contributed by atoms with E-state index in [1.807, 2.05) is 26.0 Å². The smallest absolute Gasteiger partial charge is 0.319 e. The van der Waals surface area contributed by atoms with Crippen LogP contribution < -0.4 is 20.1 Å². The SMILES string of the molecule is COc1ccc(NC(=O)NCCOc2ccc(C)cc2C)cc1. The molecule has 0 aliphatic rings. The van der Waals surface area contributed by atoms with Crippen molar-refractivity contribution in [1.82, 2.24) is 5.32 Å². The molecular weight excluding hydrogens is 292 g/mol. The summed E-state index contributed by atoms with van der Waals surface area (Å²) in [6, 6.07) is 12.9. The fraction of sp³-hybridized carbons (Fsp3) is 0.278. The molecule has 0 fully saturated rings. The van der Waals surface area contributed by atoms with Gasteiger partial charge in [-0.25, -0.2) is 4.79 Å². The highest BCUT2D eigenvalue weighted by atomic mass is 16.5. The zero-order valence-corrected chi connectivity index (χ0v) is 13.7. The number of benzene rings is 2. The van der Waals surface area contributed by atoms with E-state index < -0.39 is 0 Å². The van der Waals surface area contributed by atoms with Crippen molar-refractivity contribution in [3.05, 3.63) is 53.6 Å². The number of methoxy groups -OCH3 is 1. The molecule has 2 amide bonds. The lowest BCUT2D eigenvalue weighted by atomic mass is 10.1. The van der Waals surface area contributed by atoms with Gasteiger partial charge in [-0.1, -0.05) is 17.7 Å². The van der Waals surface area contributed by atoms with E-state index >= 15 is 0 Å². The molecule has 5 nitrogen and oxygen atoms in total. The number of anilines is 1. The summed E-state index contributed by atoms with van der Waals surface area (Å²) in [5.74, 6) is 1.59. The van der Waals surface area contributed by atoms with Crippen LogP contribution in [0, 0.1) is 13.8 Å². The van der Waals surface area contributed by atoms with Crippen molar-refractivity contribution < 1.29 is 14.3 Å². The molecule has 0 unspecified atom stereocenters. The summed E-state index contributed by atoms with van der Waals surface area (Å²) in [5.41, 5.74) is 3.00. The lowest BCUT2D eigenvalue weighted by Gasteiger charge is -2.11. The highest BCUT2D eigenvalue weighted by Crippen LogP contribution is 2.18. The van der Waals surface area contributed by atoms with E-state index in [0.29, 0.717) is 18.8 Å². The Bertz CT molecular complexity index is 654. The second-order valence-electron chi connectivity index (χ2n) is 5.23. The van der Waals surface area contributed by atoms with E-state index in [2.05, 4.69) is 16.7 Å². The fourth-order valence-corrected chi connectivity index (χ4v) is 2.14. The maximum absolute atomic E-state index is 11.8. The van der Waals surface area contributed by atoms with Crippen LogP contribution in [0.5, 0.6) is 11.5 Å². The van der Waals surface area contributed by atoms with Crippen LogP contribution in [0.3, 0.4) is 0 Å². The van der Waals surface area contributed by atoms with Crippen molar-refractivity contribution in [3.63, 3.8) is 0 Å². The molecule has 2 N–H and O–H groups in total. The van der Waals surface area contributed by atoms with Gasteiger partial charge >= 0.3 is 6.03 Å². The second-order valence-corrected chi connectivity index (χ2v) is 5.23. The van der Waals surface area contributed by atoms with E-state index in [9.17, 15) is 4.79 Å². The molecule has 5 heteroatoms. The topological polar surface area (TPSA) is 59.6 Å². The zero-order chi connectivity index (χ0) is 16.7. The maximum atomic E-state index is 11.8. The Labute approximate surface area is 136 Å². The first-order chi connectivity index (χ1) is 11.1. The van der Waals surface area contributed by atoms with Crippen LogP contribution in [0.15, 0.2) is 42.5 Å². The molecule has 0 saturated heterocycles. The number of hydrogen-bond acceptors (Lipinski definition) is 3. The molecule has 0 aliphatic heterocycles. The quantitative estimate of drug-likeness (QED) is 0.802. The number of nitrogens with one attached hydrogen (secondary N) is 2. The van der Waals surface area contributed by atoms with Crippen LogP contribution in [-0.4, -0.2) is 26.3 Å². The van der Waals surface area contributed by atoms with Gasteiger partial charge in [0.2, 0.25) is 0 Å². The first kappa shape index (κ1) is 16.7. The number of aryl methyl sites for hydroxylation is 2. The fourth-order valence-electron chi connectivity index (χ4n) is 2.14. The van der Waals surface area contributed by atoms with E-state index in [1.54, 1.807) is 31.4 Å². The molecule has 0 radical (unpaired) electrons. The number of rotatable bonds is 6. The highest BCUT2D eigenvalue weighted by molar-refractivity contribution is 5.89. The van der Waals surface area contributed by atoms with Gasteiger partial charge in [0.1, 0.15) is 18.1 Å². The van der Waals surface area contributed by atoms with Gasteiger partial charge in [-0.3, -0.25) is 0 Å². The third kappa shape index (κ3) is 5.21. The van der Waals surface area contributed by atoms with Crippen LogP contribution in [0.2, 0.25) is 0 Å². The lowest BCUT2D eigenvalue weighted by molar-refractivity contribution is 0.247. The molecule has 2 rings (SSSR count). The van der Waals surface area contributed by atoms with Crippen LogP contribution >= 0.6 is 0 Å². The van der Waals surface area contributed by atoms with Gasteiger partial charge in [0.25, 0.3) is 0 Å². The number of carbonyl (C=O) groups excluding carboxylic acids is 1. The van der Waals surface area contributed by atoms with Gasteiger partial charge in [-0.15, -0.1) is 0 Å². The van der Waals surface area contributed by atoms with E-state index in [1.165, 1.54) is 5.56 Å². The van der Waals surface area contributed by atoms with Crippen LogP contribution in [-0.2, 0) is 0 Å². The Morgan fingerprint density at radius 1 is 1.09 bits per heavy atom. The van der Waals surface area contributed by atoms with Gasteiger partial charge in [-0.05, 0) is 49.7 Å². The van der Waals surface area contributed by atoms with E-state index in [0.717, 1.165) is 17.1 Å². The van der Waals surface area contributed by atoms with Crippen molar-refractivity contribution in [2.45, 2.75) is 13.8 Å². The molecule has 0 spiro atoms. The average molecular weight is 314 g/mol. The largest absolute Gasteiger partial charge is 0.497 e. The summed E-state index contributed by atoms with van der Waals surface area (Å²) < 4.78 is 10.7. The number of carbonyl (C=O) groups is 1. The highest BCUT2D eigenvalue weighted by Gasteiger charge is 2.03. The number of urea groups is 1. The molecule has 122 valence electrons. The molecule has 0 heterocycles.